The van der Waals surface area contributed by atoms with Crippen LogP contribution in [0.25, 0.3) is 11.4 Å². The normalized spacial score (nSPS) is 14.9. The van der Waals surface area contributed by atoms with Crippen molar-refractivity contribution in [3.05, 3.63) is 53.6 Å². The summed E-state index contributed by atoms with van der Waals surface area (Å²) < 4.78 is 13.3. The average molecular weight is 437 g/mol. The minimum Gasteiger partial charge on any atom is -0.486 e. The Bertz CT molecular complexity index is 1110. The van der Waals surface area contributed by atoms with Gasteiger partial charge in [0.1, 0.15) is 13.2 Å². The molecule has 5 rings (SSSR count). The van der Waals surface area contributed by atoms with E-state index in [9.17, 15) is 4.79 Å². The summed E-state index contributed by atoms with van der Waals surface area (Å²) in [7, 11) is 0. The van der Waals surface area contributed by atoms with Crippen molar-refractivity contribution in [1.29, 1.82) is 0 Å². The van der Waals surface area contributed by atoms with Gasteiger partial charge >= 0.3 is 0 Å². The summed E-state index contributed by atoms with van der Waals surface area (Å²) in [6.45, 7) is 5.32. The van der Waals surface area contributed by atoms with E-state index in [1.54, 1.807) is 0 Å². The van der Waals surface area contributed by atoms with Crippen molar-refractivity contribution in [2.45, 2.75) is 31.6 Å². The number of carbonyl (C=O) groups is 1. The summed E-state index contributed by atoms with van der Waals surface area (Å²) >= 11 is 1.44. The lowest BCUT2D eigenvalue weighted by Crippen LogP contribution is -2.37. The van der Waals surface area contributed by atoms with Crippen molar-refractivity contribution in [1.82, 2.24) is 19.7 Å². The Morgan fingerprint density at radius 1 is 1.06 bits per heavy atom. The highest BCUT2D eigenvalue weighted by atomic mass is 32.2. The third-order valence-corrected chi connectivity index (χ3v) is 6.59. The van der Waals surface area contributed by atoms with Gasteiger partial charge in [-0.2, -0.15) is 0 Å². The number of nitrogens with zero attached hydrogens (tertiary/aromatic N) is 4. The molecule has 0 unspecified atom stereocenters. The van der Waals surface area contributed by atoms with Gasteiger partial charge in [0.25, 0.3) is 0 Å². The van der Waals surface area contributed by atoms with Crippen LogP contribution in [-0.2, 0) is 24.3 Å². The van der Waals surface area contributed by atoms with Crippen LogP contribution in [0, 0.1) is 0 Å². The SMILES string of the molecule is CCn1c(SCC(=O)N2CCc3ccccc3C2)nnc1-c1ccc2c(c1)OCCO2. The predicted molar refractivity (Wildman–Crippen MR) is 118 cm³/mol. The number of hydrogen-bond acceptors (Lipinski definition) is 6. The third kappa shape index (κ3) is 3.99. The lowest BCUT2D eigenvalue weighted by atomic mass is 10.00. The molecular formula is C23H24N4O3S. The zero-order chi connectivity index (χ0) is 21.2. The van der Waals surface area contributed by atoms with Gasteiger partial charge in [0.15, 0.2) is 22.5 Å². The topological polar surface area (TPSA) is 69.5 Å². The Labute approximate surface area is 185 Å². The molecule has 8 heteroatoms. The van der Waals surface area contributed by atoms with Gasteiger partial charge in [-0.1, -0.05) is 36.0 Å². The standard InChI is InChI=1S/C23H24N4O3S/c1-2-27-22(17-7-8-19-20(13-17)30-12-11-29-19)24-25-23(27)31-15-21(28)26-10-9-16-5-3-4-6-18(16)14-26/h3-8,13H,2,9-12,14-15H2,1H3. The molecular weight excluding hydrogens is 412 g/mol. The van der Waals surface area contributed by atoms with E-state index in [-0.39, 0.29) is 5.91 Å². The van der Waals surface area contributed by atoms with Crippen molar-refractivity contribution < 1.29 is 14.3 Å². The van der Waals surface area contributed by atoms with Gasteiger partial charge in [0.05, 0.1) is 5.75 Å². The Kier molecular flexibility index (Phi) is 5.55. The van der Waals surface area contributed by atoms with Crippen molar-refractivity contribution >= 4 is 17.7 Å². The Hall–Kier alpha value is -3.00. The average Bonchev–Trinajstić information content (AvgIpc) is 3.24. The molecule has 1 amide bonds. The number of carbonyl (C=O) groups excluding carboxylic acids is 1. The first-order valence-corrected chi connectivity index (χ1v) is 11.5. The molecule has 31 heavy (non-hydrogen) atoms. The number of thioether (sulfide) groups is 1. The van der Waals surface area contributed by atoms with E-state index in [4.69, 9.17) is 9.47 Å². The number of rotatable bonds is 5. The molecule has 0 radical (unpaired) electrons. The first-order chi connectivity index (χ1) is 15.2. The van der Waals surface area contributed by atoms with Gasteiger partial charge in [0, 0.05) is 25.2 Å². The maximum Gasteiger partial charge on any atom is 0.233 e. The van der Waals surface area contributed by atoms with Crippen LogP contribution in [-0.4, -0.2) is 51.1 Å². The molecule has 2 aliphatic rings. The van der Waals surface area contributed by atoms with E-state index in [0.717, 1.165) is 41.0 Å². The van der Waals surface area contributed by atoms with E-state index in [0.29, 0.717) is 32.1 Å². The van der Waals surface area contributed by atoms with Gasteiger partial charge in [0.2, 0.25) is 5.91 Å². The number of benzene rings is 2. The molecule has 2 aliphatic heterocycles. The van der Waals surface area contributed by atoms with Gasteiger partial charge in [-0.15, -0.1) is 10.2 Å². The van der Waals surface area contributed by atoms with Gasteiger partial charge < -0.3 is 18.9 Å². The molecule has 0 saturated carbocycles. The summed E-state index contributed by atoms with van der Waals surface area (Å²) in [6.07, 6.45) is 0.909. The van der Waals surface area contributed by atoms with Crippen LogP contribution in [0.1, 0.15) is 18.1 Å². The van der Waals surface area contributed by atoms with E-state index in [1.807, 2.05) is 33.7 Å². The summed E-state index contributed by atoms with van der Waals surface area (Å²) in [5, 5.41) is 9.51. The molecule has 1 aromatic heterocycles. The van der Waals surface area contributed by atoms with Gasteiger partial charge in [-0.25, -0.2) is 0 Å². The van der Waals surface area contributed by atoms with Gasteiger partial charge in [-0.3, -0.25) is 4.79 Å². The Morgan fingerprint density at radius 3 is 2.71 bits per heavy atom. The first-order valence-electron chi connectivity index (χ1n) is 10.5. The van der Waals surface area contributed by atoms with E-state index >= 15 is 0 Å². The molecule has 0 atom stereocenters. The van der Waals surface area contributed by atoms with Crippen LogP contribution >= 0.6 is 11.8 Å². The van der Waals surface area contributed by atoms with Crippen molar-refractivity contribution in [3.8, 4) is 22.9 Å². The second-order valence-electron chi connectivity index (χ2n) is 7.53. The molecule has 2 aromatic carbocycles. The summed E-state index contributed by atoms with van der Waals surface area (Å²) in [5.74, 6) is 2.72. The van der Waals surface area contributed by atoms with Crippen molar-refractivity contribution in [2.75, 3.05) is 25.5 Å². The van der Waals surface area contributed by atoms with E-state index in [2.05, 4.69) is 35.3 Å². The zero-order valence-electron chi connectivity index (χ0n) is 17.4. The monoisotopic (exact) mass is 436 g/mol. The fourth-order valence-corrected chi connectivity index (χ4v) is 4.91. The lowest BCUT2D eigenvalue weighted by molar-refractivity contribution is -0.129. The first kappa shape index (κ1) is 19.9. The molecule has 3 aromatic rings. The molecule has 0 bridgehead atoms. The molecule has 160 valence electrons. The molecule has 0 spiro atoms. The second kappa shape index (κ2) is 8.63. The van der Waals surface area contributed by atoms with Crippen LogP contribution in [0.2, 0.25) is 0 Å². The number of aromatic nitrogens is 3. The molecule has 0 fully saturated rings. The minimum absolute atomic E-state index is 0.131. The second-order valence-corrected chi connectivity index (χ2v) is 8.47. The summed E-state index contributed by atoms with van der Waals surface area (Å²) in [5.41, 5.74) is 3.50. The van der Waals surface area contributed by atoms with Crippen LogP contribution in [0.3, 0.4) is 0 Å². The van der Waals surface area contributed by atoms with Crippen molar-refractivity contribution in [2.24, 2.45) is 0 Å². The van der Waals surface area contributed by atoms with Crippen LogP contribution in [0.15, 0.2) is 47.6 Å². The van der Waals surface area contributed by atoms with E-state index in [1.165, 1.54) is 22.9 Å². The fourth-order valence-electron chi connectivity index (χ4n) is 4.00. The molecule has 0 N–H and O–H groups in total. The smallest absolute Gasteiger partial charge is 0.233 e. The van der Waals surface area contributed by atoms with Crippen molar-refractivity contribution in [3.63, 3.8) is 0 Å². The molecule has 7 nitrogen and oxygen atoms in total. The molecule has 0 saturated heterocycles. The highest BCUT2D eigenvalue weighted by molar-refractivity contribution is 7.99. The third-order valence-electron chi connectivity index (χ3n) is 5.64. The maximum atomic E-state index is 12.8. The quantitative estimate of drug-likeness (QED) is 0.571. The van der Waals surface area contributed by atoms with Gasteiger partial charge in [-0.05, 0) is 42.7 Å². The summed E-state index contributed by atoms with van der Waals surface area (Å²) in [4.78, 5) is 14.8. The fraction of sp³-hybridized carbons (Fsp3) is 0.348. The minimum atomic E-state index is 0.131. The van der Waals surface area contributed by atoms with E-state index < -0.39 is 0 Å². The Morgan fingerprint density at radius 2 is 1.87 bits per heavy atom. The summed E-state index contributed by atoms with van der Waals surface area (Å²) in [6, 6.07) is 14.2. The van der Waals surface area contributed by atoms with Crippen LogP contribution < -0.4 is 9.47 Å². The molecule has 3 heterocycles. The Balaban J connectivity index is 1.29. The highest BCUT2D eigenvalue weighted by Crippen LogP contribution is 2.35. The molecule has 0 aliphatic carbocycles. The van der Waals surface area contributed by atoms with Crippen LogP contribution in [0.4, 0.5) is 0 Å². The number of amides is 1. The predicted octanol–water partition coefficient (Wildman–Crippen LogP) is 3.41. The number of ether oxygens (including phenoxy) is 2. The zero-order valence-corrected chi connectivity index (χ0v) is 18.2. The largest absolute Gasteiger partial charge is 0.486 e. The van der Waals surface area contributed by atoms with Crippen LogP contribution in [0.5, 0.6) is 11.5 Å². The highest BCUT2D eigenvalue weighted by Gasteiger charge is 2.22. The number of hydrogen-bond donors (Lipinski definition) is 0. The number of fused-ring (bicyclic) bond motifs is 2. The lowest BCUT2D eigenvalue weighted by Gasteiger charge is -2.28. The maximum absolute atomic E-state index is 12.8.